The third kappa shape index (κ3) is 51.4. The van der Waals surface area contributed by atoms with E-state index in [9.17, 15) is 14.4 Å². The van der Waals surface area contributed by atoms with Crippen LogP contribution in [0.1, 0.15) is 329 Å². The van der Waals surface area contributed by atoms with Crippen molar-refractivity contribution in [3.8, 4) is 0 Å². The Labute approximate surface area is 399 Å². The number of carbonyl (C=O) groups excluding carboxylic acids is 3. The fraction of sp³-hybridized carbons (Fsp3) is 0.948. The average Bonchev–Trinajstić information content (AvgIpc) is 3.28. The molecule has 0 aliphatic carbocycles. The van der Waals surface area contributed by atoms with E-state index in [2.05, 4.69) is 27.7 Å². The van der Waals surface area contributed by atoms with Crippen molar-refractivity contribution >= 4 is 17.9 Å². The van der Waals surface area contributed by atoms with Gasteiger partial charge in [0.05, 0.1) is 0 Å². The molecule has 0 unspecified atom stereocenters. The van der Waals surface area contributed by atoms with Crippen LogP contribution in [0, 0.1) is 5.92 Å². The summed E-state index contributed by atoms with van der Waals surface area (Å²) < 4.78 is 16.9. The molecule has 0 aromatic rings. The standard InChI is InChI=1S/C58H112O6/c1-5-7-9-11-13-15-17-19-20-21-22-23-26-30-33-37-41-45-49-56(59)62-52-55(64-58(61)51-47-43-39-35-29-18-16-14-12-10-8-6-2)53-63-57(60)50-46-42-38-34-31-27-24-25-28-32-36-40-44-48-54(3)4/h54-55H,5-53H2,1-4H3/t55-/m0/s1. The van der Waals surface area contributed by atoms with E-state index in [-0.39, 0.29) is 31.1 Å². The molecule has 6 nitrogen and oxygen atoms in total. The molecule has 0 bridgehead atoms. The zero-order chi connectivity index (χ0) is 46.7. The molecular weight excluding hydrogens is 793 g/mol. The number of unbranched alkanes of at least 4 members (excludes halogenated alkanes) is 40. The van der Waals surface area contributed by atoms with Crippen LogP contribution in [0.4, 0.5) is 0 Å². The lowest BCUT2D eigenvalue weighted by atomic mass is 10.0. The molecule has 0 amide bonds. The van der Waals surface area contributed by atoms with Crippen molar-refractivity contribution in [1.82, 2.24) is 0 Å². The Hall–Kier alpha value is -1.59. The predicted molar refractivity (Wildman–Crippen MR) is 275 cm³/mol. The molecule has 0 aliphatic rings. The third-order valence-corrected chi connectivity index (χ3v) is 13.3. The number of carbonyl (C=O) groups is 3. The molecule has 0 saturated heterocycles. The number of hydrogen-bond donors (Lipinski definition) is 0. The SMILES string of the molecule is CCCCCCCCCCCCCCCCCCCCC(=O)OC[C@@H](COC(=O)CCCCCCCCCCCCCCCC(C)C)OC(=O)CCCCCCCCCCCCCC. The summed E-state index contributed by atoms with van der Waals surface area (Å²) in [7, 11) is 0. The van der Waals surface area contributed by atoms with Crippen molar-refractivity contribution in [2.24, 2.45) is 5.92 Å². The fourth-order valence-corrected chi connectivity index (χ4v) is 8.92. The average molecular weight is 906 g/mol. The van der Waals surface area contributed by atoms with E-state index in [0.29, 0.717) is 19.3 Å². The first-order valence-electron chi connectivity index (χ1n) is 28.9. The van der Waals surface area contributed by atoms with Crippen LogP contribution >= 0.6 is 0 Å². The molecule has 0 saturated carbocycles. The molecule has 0 N–H and O–H groups in total. The smallest absolute Gasteiger partial charge is 0.306 e. The van der Waals surface area contributed by atoms with Gasteiger partial charge in [-0.05, 0) is 25.2 Å². The van der Waals surface area contributed by atoms with Crippen LogP contribution in [0.2, 0.25) is 0 Å². The zero-order valence-corrected chi connectivity index (χ0v) is 43.8. The molecule has 380 valence electrons. The van der Waals surface area contributed by atoms with Gasteiger partial charge in [0.15, 0.2) is 6.10 Å². The first kappa shape index (κ1) is 62.4. The van der Waals surface area contributed by atoms with Gasteiger partial charge in [-0.15, -0.1) is 0 Å². The molecule has 0 fully saturated rings. The highest BCUT2D eigenvalue weighted by Gasteiger charge is 2.19. The predicted octanol–water partition coefficient (Wildman–Crippen LogP) is 19.0. The van der Waals surface area contributed by atoms with E-state index in [1.165, 1.54) is 225 Å². The highest BCUT2D eigenvalue weighted by Crippen LogP contribution is 2.18. The van der Waals surface area contributed by atoms with Crippen molar-refractivity contribution in [1.29, 1.82) is 0 Å². The van der Waals surface area contributed by atoms with Crippen LogP contribution in [-0.2, 0) is 28.6 Å². The van der Waals surface area contributed by atoms with Gasteiger partial charge < -0.3 is 14.2 Å². The molecule has 0 aromatic carbocycles. The summed E-state index contributed by atoms with van der Waals surface area (Å²) in [5.74, 6) is 0.00367. The van der Waals surface area contributed by atoms with Gasteiger partial charge in [0.25, 0.3) is 0 Å². The minimum Gasteiger partial charge on any atom is -0.462 e. The maximum atomic E-state index is 12.8. The van der Waals surface area contributed by atoms with E-state index in [1.807, 2.05) is 0 Å². The first-order chi connectivity index (χ1) is 31.4. The summed E-state index contributed by atoms with van der Waals surface area (Å²) in [6.07, 6.45) is 56.6. The monoisotopic (exact) mass is 905 g/mol. The molecule has 0 radical (unpaired) electrons. The normalized spacial score (nSPS) is 12.0. The van der Waals surface area contributed by atoms with Gasteiger partial charge in [-0.25, -0.2) is 0 Å². The fourth-order valence-electron chi connectivity index (χ4n) is 8.92. The number of ether oxygens (including phenoxy) is 3. The molecule has 0 heterocycles. The second-order valence-corrected chi connectivity index (χ2v) is 20.4. The van der Waals surface area contributed by atoms with Gasteiger partial charge in [-0.2, -0.15) is 0 Å². The molecule has 6 heteroatoms. The summed E-state index contributed by atoms with van der Waals surface area (Å²) >= 11 is 0. The molecule has 0 aliphatic heterocycles. The Morgan fingerprint density at radius 2 is 0.516 bits per heavy atom. The largest absolute Gasteiger partial charge is 0.462 e. The van der Waals surface area contributed by atoms with E-state index in [1.54, 1.807) is 0 Å². The molecule has 0 rings (SSSR count). The topological polar surface area (TPSA) is 78.9 Å². The van der Waals surface area contributed by atoms with Gasteiger partial charge in [0.1, 0.15) is 13.2 Å². The van der Waals surface area contributed by atoms with Crippen LogP contribution in [0.25, 0.3) is 0 Å². The molecule has 1 atom stereocenters. The summed E-state index contributed by atoms with van der Waals surface area (Å²) in [5.41, 5.74) is 0. The molecular formula is C58H112O6. The van der Waals surface area contributed by atoms with E-state index in [4.69, 9.17) is 14.2 Å². The number of rotatable bonds is 53. The van der Waals surface area contributed by atoms with Crippen molar-refractivity contribution in [2.75, 3.05) is 13.2 Å². The Kier molecular flexibility index (Phi) is 51.1. The van der Waals surface area contributed by atoms with Gasteiger partial charge in [0, 0.05) is 19.3 Å². The minimum atomic E-state index is -0.761. The van der Waals surface area contributed by atoms with Crippen LogP contribution in [0.15, 0.2) is 0 Å². The summed E-state index contributed by atoms with van der Waals surface area (Å²) in [5, 5.41) is 0. The quantitative estimate of drug-likeness (QED) is 0.0344. The first-order valence-corrected chi connectivity index (χ1v) is 28.9. The Morgan fingerprint density at radius 1 is 0.297 bits per heavy atom. The van der Waals surface area contributed by atoms with E-state index in [0.717, 1.165) is 63.7 Å². The summed E-state index contributed by atoms with van der Waals surface area (Å²) in [6.45, 7) is 9.06. The Balaban J connectivity index is 4.26. The van der Waals surface area contributed by atoms with Gasteiger partial charge in [-0.1, -0.05) is 291 Å². The van der Waals surface area contributed by atoms with Crippen LogP contribution in [-0.4, -0.2) is 37.2 Å². The highest BCUT2D eigenvalue weighted by molar-refractivity contribution is 5.71. The van der Waals surface area contributed by atoms with E-state index < -0.39 is 6.10 Å². The maximum Gasteiger partial charge on any atom is 0.306 e. The highest BCUT2D eigenvalue weighted by atomic mass is 16.6. The van der Waals surface area contributed by atoms with Crippen molar-refractivity contribution in [3.63, 3.8) is 0 Å². The van der Waals surface area contributed by atoms with Crippen LogP contribution in [0.5, 0.6) is 0 Å². The number of esters is 3. The summed E-state index contributed by atoms with van der Waals surface area (Å²) in [6, 6.07) is 0. The van der Waals surface area contributed by atoms with Gasteiger partial charge in [0.2, 0.25) is 0 Å². The lowest BCUT2D eigenvalue weighted by molar-refractivity contribution is -0.167. The second-order valence-electron chi connectivity index (χ2n) is 20.4. The zero-order valence-electron chi connectivity index (χ0n) is 43.8. The van der Waals surface area contributed by atoms with E-state index >= 15 is 0 Å². The molecule has 64 heavy (non-hydrogen) atoms. The number of hydrogen-bond acceptors (Lipinski definition) is 6. The molecule has 0 spiro atoms. The van der Waals surface area contributed by atoms with Gasteiger partial charge in [-0.3, -0.25) is 14.4 Å². The van der Waals surface area contributed by atoms with Crippen molar-refractivity contribution in [2.45, 2.75) is 336 Å². The maximum absolute atomic E-state index is 12.8. The summed E-state index contributed by atoms with van der Waals surface area (Å²) in [4.78, 5) is 38.1. The van der Waals surface area contributed by atoms with Crippen molar-refractivity contribution < 1.29 is 28.6 Å². The van der Waals surface area contributed by atoms with Crippen LogP contribution < -0.4 is 0 Å². The minimum absolute atomic E-state index is 0.0619. The van der Waals surface area contributed by atoms with Crippen LogP contribution in [0.3, 0.4) is 0 Å². The second kappa shape index (κ2) is 52.4. The Bertz CT molecular complexity index is 964. The third-order valence-electron chi connectivity index (χ3n) is 13.3. The molecule has 0 aromatic heterocycles. The Morgan fingerprint density at radius 3 is 0.766 bits per heavy atom. The van der Waals surface area contributed by atoms with Crippen molar-refractivity contribution in [3.05, 3.63) is 0 Å². The van der Waals surface area contributed by atoms with Gasteiger partial charge >= 0.3 is 17.9 Å². The lowest BCUT2D eigenvalue weighted by Gasteiger charge is -2.18. The lowest BCUT2D eigenvalue weighted by Crippen LogP contribution is -2.30.